The van der Waals surface area contributed by atoms with E-state index in [1.165, 1.54) is 10.8 Å². The van der Waals surface area contributed by atoms with Gasteiger partial charge in [0, 0.05) is 98.6 Å². The van der Waals surface area contributed by atoms with Crippen LogP contribution in [0.2, 0.25) is 0 Å². The van der Waals surface area contributed by atoms with Crippen LogP contribution < -0.4 is 0 Å². The zero-order valence-electron chi connectivity index (χ0n) is 57.1. The van der Waals surface area contributed by atoms with Crippen molar-refractivity contribution >= 4 is 109 Å². The molecule has 0 aliphatic heterocycles. The lowest BCUT2D eigenvalue weighted by Crippen LogP contribution is -2.02. The van der Waals surface area contributed by atoms with Gasteiger partial charge >= 0.3 is 0 Å². The molecular weight excluding hydrogens is 1310 g/mol. The van der Waals surface area contributed by atoms with Crippen LogP contribution in [0.15, 0.2) is 353 Å². The van der Waals surface area contributed by atoms with Gasteiger partial charge in [0.1, 0.15) is 33.5 Å². The van der Waals surface area contributed by atoms with Crippen LogP contribution in [0, 0.1) is 0 Å². The van der Waals surface area contributed by atoms with Gasteiger partial charge in [0.2, 0.25) is 0 Å². The van der Waals surface area contributed by atoms with E-state index in [4.69, 9.17) is 43.2 Å². The number of nitrogens with zero attached hydrogens (tertiary/aromatic N) is 8. The number of aromatic nitrogens is 8. The summed E-state index contributed by atoms with van der Waals surface area (Å²) in [6, 6.07) is 119. The molecule has 22 rings (SSSR count). The number of hydrogen-bond acceptors (Lipinski definition) is 9. The Morgan fingerprint density at radius 1 is 0.178 bits per heavy atom. The van der Waals surface area contributed by atoms with Crippen LogP contribution in [0.5, 0.6) is 0 Å². The molecule has 107 heavy (non-hydrogen) atoms. The van der Waals surface area contributed by atoms with Crippen LogP contribution in [0.3, 0.4) is 0 Å². The molecule has 7 aromatic heterocycles. The first kappa shape index (κ1) is 60.0. The summed E-state index contributed by atoms with van der Waals surface area (Å²) in [6.07, 6.45) is 0. The molecule has 11 heteroatoms. The van der Waals surface area contributed by atoms with Gasteiger partial charge in [-0.1, -0.05) is 212 Å². The standard InChI is InChI=1S/C96H56N8O3/c1-2-20-57(21-3-1)65-49-66(51-67(50-65)95-100-92(101-96(102-95)78-34-19-41-87-90(78)77-33-9-15-40-86(77)105-87)62-25-18-26-68(53-62)103-80-35-10-4-28-70(80)71-29-5-11-36-81(71)103)59-23-16-22-58(48-59)60-44-47-83-79(54-60)72-30-6-12-37-82(72)104(83)69-27-17-24-61(52-69)91-97-93(63-42-45-75-73-31-7-13-38-84(73)106-88(75)55-63)99-94(98-91)64-43-46-76-74-32-8-14-39-85(74)107-89(76)56-64/h1-56H. The Hall–Kier alpha value is -14.7. The maximum absolute atomic E-state index is 6.49. The van der Waals surface area contributed by atoms with Gasteiger partial charge in [-0.05, 0) is 161 Å². The van der Waals surface area contributed by atoms with Crippen LogP contribution >= 0.6 is 0 Å². The van der Waals surface area contributed by atoms with Crippen molar-refractivity contribution < 1.29 is 13.3 Å². The highest BCUT2D eigenvalue weighted by Crippen LogP contribution is 2.43. The Kier molecular flexibility index (Phi) is 13.4. The van der Waals surface area contributed by atoms with E-state index in [0.29, 0.717) is 34.9 Å². The topological polar surface area (TPSA) is 127 Å². The van der Waals surface area contributed by atoms with Gasteiger partial charge in [0.25, 0.3) is 0 Å². The van der Waals surface area contributed by atoms with Crippen molar-refractivity contribution in [2.45, 2.75) is 0 Å². The largest absolute Gasteiger partial charge is 0.456 e. The number of furan rings is 3. The zero-order valence-corrected chi connectivity index (χ0v) is 57.1. The Morgan fingerprint density at radius 3 is 1.09 bits per heavy atom. The summed E-state index contributed by atoms with van der Waals surface area (Å²) in [5.41, 5.74) is 22.4. The molecule has 0 atom stereocenters. The van der Waals surface area contributed by atoms with Crippen molar-refractivity contribution in [1.29, 1.82) is 0 Å². The SMILES string of the molecule is c1ccc(-c2cc(-c3cccc(-c4ccc5c(c4)c4ccccc4n5-c4cccc(-c5nc(-c6ccc7c(c6)oc6ccccc67)nc(-c6ccc7c(c6)oc6ccccc67)n5)c4)c3)cc(-c3nc(-c4cccc(-n5c6ccccc6c6ccccc65)c4)nc(-c4cccc5oc6ccccc6c45)n3)c2)cc1. The van der Waals surface area contributed by atoms with Crippen molar-refractivity contribution in [2.75, 3.05) is 0 Å². The van der Waals surface area contributed by atoms with Gasteiger partial charge in [-0.15, -0.1) is 0 Å². The second-order valence-electron chi connectivity index (χ2n) is 27.3. The summed E-state index contributed by atoms with van der Waals surface area (Å²) in [4.78, 5) is 32.2. The highest BCUT2D eigenvalue weighted by molar-refractivity contribution is 6.14. The first-order valence-electron chi connectivity index (χ1n) is 35.8. The molecular formula is C96H56N8O3. The van der Waals surface area contributed by atoms with E-state index in [9.17, 15) is 0 Å². The Morgan fingerprint density at radius 2 is 0.523 bits per heavy atom. The average molecular weight is 1370 g/mol. The molecule has 11 nitrogen and oxygen atoms in total. The first-order valence-corrected chi connectivity index (χ1v) is 35.8. The van der Waals surface area contributed by atoms with Crippen molar-refractivity contribution in [3.05, 3.63) is 340 Å². The second-order valence-corrected chi connectivity index (χ2v) is 27.3. The summed E-state index contributed by atoms with van der Waals surface area (Å²) in [6.45, 7) is 0. The number of rotatable bonds is 11. The van der Waals surface area contributed by atoms with Gasteiger partial charge in [-0.25, -0.2) is 29.9 Å². The monoisotopic (exact) mass is 1370 g/mol. The van der Waals surface area contributed by atoms with Crippen LogP contribution in [0.4, 0.5) is 0 Å². The molecule has 0 amide bonds. The lowest BCUT2D eigenvalue weighted by Gasteiger charge is -2.14. The molecule has 15 aromatic carbocycles. The lowest BCUT2D eigenvalue weighted by molar-refractivity contribution is 0.668. The molecule has 7 heterocycles. The number of fused-ring (bicyclic) bond motifs is 15. The third-order valence-corrected chi connectivity index (χ3v) is 21.0. The van der Waals surface area contributed by atoms with Crippen LogP contribution in [0.25, 0.3) is 223 Å². The molecule has 22 aromatic rings. The summed E-state index contributed by atoms with van der Waals surface area (Å²) in [5, 5.41) is 10.7. The molecule has 0 aliphatic rings. The fraction of sp³-hybridized carbons (Fsp3) is 0. The molecule has 0 saturated heterocycles. The van der Waals surface area contributed by atoms with E-state index in [1.54, 1.807) is 0 Å². The van der Waals surface area contributed by atoms with Crippen LogP contribution in [0.1, 0.15) is 0 Å². The molecule has 0 radical (unpaired) electrons. The van der Waals surface area contributed by atoms with Crippen molar-refractivity contribution in [3.8, 4) is 113 Å². The Labute approximate surface area is 610 Å². The minimum Gasteiger partial charge on any atom is -0.456 e. The predicted molar refractivity (Wildman–Crippen MR) is 433 cm³/mol. The Bertz CT molecular complexity index is 7240. The molecule has 0 N–H and O–H groups in total. The smallest absolute Gasteiger partial charge is 0.164 e. The summed E-state index contributed by atoms with van der Waals surface area (Å²) < 4.78 is 24.0. The summed E-state index contributed by atoms with van der Waals surface area (Å²) >= 11 is 0. The lowest BCUT2D eigenvalue weighted by atomic mass is 9.93. The Balaban J connectivity index is 0.658. The molecule has 0 unspecified atom stereocenters. The average Bonchev–Trinajstić information content (AvgIpc) is 1.64. The van der Waals surface area contributed by atoms with E-state index >= 15 is 0 Å². The number of hydrogen-bond donors (Lipinski definition) is 0. The molecule has 0 saturated carbocycles. The van der Waals surface area contributed by atoms with E-state index in [-0.39, 0.29) is 0 Å². The van der Waals surface area contributed by atoms with Gasteiger partial charge in [0.05, 0.1) is 22.1 Å². The fourth-order valence-corrected chi connectivity index (χ4v) is 16.0. The van der Waals surface area contributed by atoms with Gasteiger partial charge in [-0.2, -0.15) is 0 Å². The van der Waals surface area contributed by atoms with Crippen LogP contribution in [-0.4, -0.2) is 39.0 Å². The molecule has 0 spiro atoms. The molecule has 0 fully saturated rings. The quantitative estimate of drug-likeness (QED) is 0.124. The second kappa shape index (κ2) is 24.0. The minimum atomic E-state index is 0.523. The molecule has 0 bridgehead atoms. The third-order valence-electron chi connectivity index (χ3n) is 21.0. The maximum Gasteiger partial charge on any atom is 0.164 e. The predicted octanol–water partition coefficient (Wildman–Crippen LogP) is 25.0. The number of benzene rings is 15. The van der Waals surface area contributed by atoms with Gasteiger partial charge in [0.15, 0.2) is 34.9 Å². The first-order chi connectivity index (χ1) is 53.0. The van der Waals surface area contributed by atoms with E-state index in [1.807, 2.05) is 78.9 Å². The number of para-hydroxylation sites is 6. The summed E-state index contributed by atoms with van der Waals surface area (Å²) in [7, 11) is 0. The van der Waals surface area contributed by atoms with Crippen LogP contribution in [-0.2, 0) is 0 Å². The van der Waals surface area contributed by atoms with Crippen molar-refractivity contribution in [3.63, 3.8) is 0 Å². The molecule has 498 valence electrons. The maximum atomic E-state index is 6.49. The van der Waals surface area contributed by atoms with Crippen molar-refractivity contribution in [2.24, 2.45) is 0 Å². The van der Waals surface area contributed by atoms with E-state index in [2.05, 4.69) is 270 Å². The normalized spacial score (nSPS) is 11.9. The van der Waals surface area contributed by atoms with Gasteiger partial charge in [-0.3, -0.25) is 0 Å². The summed E-state index contributed by atoms with van der Waals surface area (Å²) in [5.74, 6) is 3.20. The van der Waals surface area contributed by atoms with Gasteiger partial charge < -0.3 is 22.4 Å². The highest BCUT2D eigenvalue weighted by Gasteiger charge is 2.24. The third kappa shape index (κ3) is 9.97. The highest BCUT2D eigenvalue weighted by atomic mass is 16.3. The van der Waals surface area contributed by atoms with Crippen molar-refractivity contribution in [1.82, 2.24) is 39.0 Å². The zero-order chi connectivity index (χ0) is 70.2. The minimum absolute atomic E-state index is 0.523. The fourth-order valence-electron chi connectivity index (χ4n) is 16.0. The molecule has 0 aliphatic carbocycles. The van der Waals surface area contributed by atoms with E-state index < -0.39 is 0 Å². The van der Waals surface area contributed by atoms with E-state index in [0.717, 1.165) is 177 Å².